The lowest BCUT2D eigenvalue weighted by Gasteiger charge is -2.43. The van der Waals surface area contributed by atoms with Crippen molar-refractivity contribution in [2.45, 2.75) is 44.2 Å². The third-order valence-electron chi connectivity index (χ3n) is 4.15. The van der Waals surface area contributed by atoms with Crippen molar-refractivity contribution in [3.05, 3.63) is 11.6 Å². The number of carbonyl (C=O) groups excluding carboxylic acids is 1. The molecule has 1 aliphatic heterocycles. The number of rotatable bonds is 4. The number of aromatic nitrogens is 1. The van der Waals surface area contributed by atoms with Gasteiger partial charge in [0.2, 0.25) is 5.91 Å². The van der Waals surface area contributed by atoms with E-state index in [2.05, 4.69) is 15.2 Å². The Bertz CT molecular complexity index is 436. The van der Waals surface area contributed by atoms with Crippen molar-refractivity contribution in [2.24, 2.45) is 0 Å². The van der Waals surface area contributed by atoms with Crippen LogP contribution in [0.4, 0.5) is 5.13 Å². The summed E-state index contributed by atoms with van der Waals surface area (Å²) in [6, 6.07) is 0.519. The summed E-state index contributed by atoms with van der Waals surface area (Å²) in [5.74, 6) is 0.0544. The third kappa shape index (κ3) is 3.37. The molecule has 1 N–H and O–H groups in total. The molecule has 1 saturated heterocycles. The molecule has 20 heavy (non-hydrogen) atoms. The molecule has 1 saturated carbocycles. The van der Waals surface area contributed by atoms with Gasteiger partial charge in [0.1, 0.15) is 0 Å². The minimum absolute atomic E-state index is 0.0544. The first kappa shape index (κ1) is 14.0. The van der Waals surface area contributed by atoms with Crippen molar-refractivity contribution < 1.29 is 9.53 Å². The normalized spacial score (nSPS) is 27.0. The Balaban J connectivity index is 1.48. The number of morpholine rings is 1. The molecule has 5 nitrogen and oxygen atoms in total. The van der Waals surface area contributed by atoms with E-state index in [1.54, 1.807) is 6.20 Å². The summed E-state index contributed by atoms with van der Waals surface area (Å²) < 4.78 is 5.85. The molecule has 0 aromatic carbocycles. The van der Waals surface area contributed by atoms with E-state index in [1.165, 1.54) is 37.0 Å². The molecule has 2 heterocycles. The zero-order valence-electron chi connectivity index (χ0n) is 11.6. The van der Waals surface area contributed by atoms with Crippen LogP contribution in [0.15, 0.2) is 11.6 Å². The molecule has 3 rings (SSSR count). The average molecular weight is 295 g/mol. The van der Waals surface area contributed by atoms with Crippen LogP contribution in [0.1, 0.15) is 32.1 Å². The molecular weight excluding hydrogens is 274 g/mol. The van der Waals surface area contributed by atoms with E-state index in [4.69, 9.17) is 4.74 Å². The van der Waals surface area contributed by atoms with E-state index in [1.807, 2.05) is 5.38 Å². The van der Waals surface area contributed by atoms with Gasteiger partial charge in [0.25, 0.3) is 0 Å². The maximum atomic E-state index is 11.9. The Morgan fingerprint density at radius 1 is 1.50 bits per heavy atom. The predicted molar refractivity (Wildman–Crippen MR) is 78.9 cm³/mol. The summed E-state index contributed by atoms with van der Waals surface area (Å²) in [7, 11) is 0. The molecule has 0 spiro atoms. The molecule has 2 aliphatic rings. The molecule has 1 aromatic heterocycles. The lowest BCUT2D eigenvalue weighted by molar-refractivity contribution is -0.118. The number of hydrogen-bond donors (Lipinski definition) is 1. The van der Waals surface area contributed by atoms with Gasteiger partial charge < -0.3 is 10.1 Å². The SMILES string of the molecule is O=C(CCN1CCO[C@@H]2CCCC[C@H]21)Nc1nccs1. The number of fused-ring (bicyclic) bond motifs is 1. The van der Waals surface area contributed by atoms with Gasteiger partial charge in [-0.15, -0.1) is 11.3 Å². The molecule has 6 heteroatoms. The summed E-state index contributed by atoms with van der Waals surface area (Å²) in [5, 5.41) is 5.40. The molecule has 1 aromatic rings. The van der Waals surface area contributed by atoms with Gasteiger partial charge in [-0.3, -0.25) is 9.69 Å². The highest BCUT2D eigenvalue weighted by Crippen LogP contribution is 2.28. The third-order valence-corrected chi connectivity index (χ3v) is 4.84. The van der Waals surface area contributed by atoms with Crippen molar-refractivity contribution in [3.63, 3.8) is 0 Å². The van der Waals surface area contributed by atoms with Crippen LogP contribution in [0.2, 0.25) is 0 Å². The first-order chi connectivity index (χ1) is 9.83. The minimum Gasteiger partial charge on any atom is -0.375 e. The van der Waals surface area contributed by atoms with Gasteiger partial charge in [0.15, 0.2) is 5.13 Å². The predicted octanol–water partition coefficient (Wildman–Crippen LogP) is 2.12. The van der Waals surface area contributed by atoms with Gasteiger partial charge in [0.05, 0.1) is 12.7 Å². The van der Waals surface area contributed by atoms with E-state index in [0.29, 0.717) is 23.7 Å². The number of nitrogens with zero attached hydrogens (tertiary/aromatic N) is 2. The van der Waals surface area contributed by atoms with Crippen LogP contribution >= 0.6 is 11.3 Å². The summed E-state index contributed by atoms with van der Waals surface area (Å²) in [6.07, 6.45) is 7.56. The fraction of sp³-hybridized carbons (Fsp3) is 0.714. The standard InChI is InChI=1S/C14H21N3O2S/c18-13(16-14-15-6-10-20-14)5-7-17-8-9-19-12-4-2-1-3-11(12)17/h6,10-12H,1-5,7-9H2,(H,15,16,18)/t11-,12-/m1/s1. The van der Waals surface area contributed by atoms with Gasteiger partial charge in [-0.25, -0.2) is 4.98 Å². The topological polar surface area (TPSA) is 54.5 Å². The largest absolute Gasteiger partial charge is 0.375 e. The zero-order valence-corrected chi connectivity index (χ0v) is 12.4. The van der Waals surface area contributed by atoms with Crippen LogP contribution in [0, 0.1) is 0 Å². The number of amides is 1. The molecule has 2 atom stereocenters. The van der Waals surface area contributed by atoms with Gasteiger partial charge in [-0.2, -0.15) is 0 Å². The second-order valence-corrected chi connectivity index (χ2v) is 6.33. The minimum atomic E-state index is 0.0544. The average Bonchev–Trinajstić information content (AvgIpc) is 2.98. The maximum absolute atomic E-state index is 11.9. The maximum Gasteiger partial charge on any atom is 0.227 e. The Labute approximate surface area is 123 Å². The van der Waals surface area contributed by atoms with Crippen molar-refractivity contribution in [1.29, 1.82) is 0 Å². The van der Waals surface area contributed by atoms with E-state index in [-0.39, 0.29) is 5.91 Å². The van der Waals surface area contributed by atoms with Gasteiger partial charge >= 0.3 is 0 Å². The first-order valence-electron chi connectivity index (χ1n) is 7.38. The Hall–Kier alpha value is -0.980. The quantitative estimate of drug-likeness (QED) is 0.924. The van der Waals surface area contributed by atoms with Gasteiger partial charge in [-0.1, -0.05) is 12.8 Å². The summed E-state index contributed by atoms with van der Waals surface area (Å²) in [5.41, 5.74) is 0. The smallest absolute Gasteiger partial charge is 0.227 e. The molecule has 1 aliphatic carbocycles. The number of nitrogens with one attached hydrogen (secondary N) is 1. The lowest BCUT2D eigenvalue weighted by Crippen LogP contribution is -2.53. The molecule has 0 unspecified atom stereocenters. The molecular formula is C14H21N3O2S. The Morgan fingerprint density at radius 3 is 3.25 bits per heavy atom. The van der Waals surface area contributed by atoms with Crippen LogP contribution in [-0.2, 0) is 9.53 Å². The summed E-state index contributed by atoms with van der Waals surface area (Å²) in [6.45, 7) is 2.57. The van der Waals surface area contributed by atoms with Crippen molar-refractivity contribution in [3.8, 4) is 0 Å². The summed E-state index contributed by atoms with van der Waals surface area (Å²) >= 11 is 1.45. The second-order valence-electron chi connectivity index (χ2n) is 5.43. The number of hydrogen-bond acceptors (Lipinski definition) is 5. The summed E-state index contributed by atoms with van der Waals surface area (Å²) in [4.78, 5) is 18.4. The monoisotopic (exact) mass is 295 g/mol. The van der Waals surface area contributed by atoms with Crippen molar-refractivity contribution in [2.75, 3.05) is 25.0 Å². The number of carbonyl (C=O) groups is 1. The van der Waals surface area contributed by atoms with Gasteiger partial charge in [-0.05, 0) is 12.8 Å². The van der Waals surface area contributed by atoms with Crippen LogP contribution < -0.4 is 5.32 Å². The molecule has 1 amide bonds. The molecule has 2 fully saturated rings. The highest BCUT2D eigenvalue weighted by atomic mass is 32.1. The zero-order chi connectivity index (χ0) is 13.8. The van der Waals surface area contributed by atoms with E-state index in [0.717, 1.165) is 19.7 Å². The van der Waals surface area contributed by atoms with Crippen LogP contribution in [0.5, 0.6) is 0 Å². The second kappa shape index (κ2) is 6.65. The van der Waals surface area contributed by atoms with Crippen LogP contribution in [0.3, 0.4) is 0 Å². The Kier molecular flexibility index (Phi) is 4.65. The van der Waals surface area contributed by atoms with E-state index in [9.17, 15) is 4.79 Å². The fourth-order valence-corrected chi connectivity index (χ4v) is 3.71. The molecule has 110 valence electrons. The first-order valence-corrected chi connectivity index (χ1v) is 8.26. The van der Waals surface area contributed by atoms with E-state index >= 15 is 0 Å². The molecule has 0 radical (unpaired) electrons. The van der Waals surface area contributed by atoms with Crippen LogP contribution in [-0.4, -0.2) is 47.6 Å². The highest BCUT2D eigenvalue weighted by Gasteiger charge is 2.33. The fourth-order valence-electron chi connectivity index (χ4n) is 3.17. The van der Waals surface area contributed by atoms with Gasteiger partial charge in [0, 0.05) is 37.1 Å². The van der Waals surface area contributed by atoms with Crippen molar-refractivity contribution >= 4 is 22.4 Å². The highest BCUT2D eigenvalue weighted by molar-refractivity contribution is 7.13. The van der Waals surface area contributed by atoms with Crippen molar-refractivity contribution in [1.82, 2.24) is 9.88 Å². The van der Waals surface area contributed by atoms with Crippen LogP contribution in [0.25, 0.3) is 0 Å². The van der Waals surface area contributed by atoms with E-state index < -0.39 is 0 Å². The number of anilines is 1. The number of thiazole rings is 1. The number of ether oxygens (including phenoxy) is 1. The Morgan fingerprint density at radius 2 is 2.40 bits per heavy atom. The molecule has 0 bridgehead atoms. The lowest BCUT2D eigenvalue weighted by atomic mass is 9.90.